The van der Waals surface area contributed by atoms with E-state index in [-0.39, 0.29) is 35.4 Å². The standard InChI is InChI=1S/C36H37N3O3.C32H29N3O3/c1-6-32(27-12-8-7-9-13-27)37-34(40)28-20-21-33-31(22-28)24(2)38-39(33)23-25-16-18-26(19-17-25)29-14-10-11-15-30(29)35(41)42-36(3,4)5;1-3-29(24-9-5-4-6-10-24)33-31(36)25-17-18-30-28(19-25)21(2)34-35(30)20-22-13-15-23(16-14-22)26-11-7-8-12-27(26)32(37)38/h7-22,32H,6,23H2,1-5H3,(H,37,40);4-19,29H,3,20H2,1-2H3,(H,33,36)(H,37,38). The molecule has 2 amide bonds. The van der Waals surface area contributed by atoms with Crippen molar-refractivity contribution in [3.8, 4) is 22.3 Å². The monoisotopic (exact) mass is 1060 g/mol. The highest BCUT2D eigenvalue weighted by atomic mass is 16.6. The van der Waals surface area contributed by atoms with Gasteiger partial charge < -0.3 is 20.5 Å². The van der Waals surface area contributed by atoms with Crippen LogP contribution < -0.4 is 10.6 Å². The number of esters is 1. The van der Waals surface area contributed by atoms with Gasteiger partial charge in [-0.05, 0) is 140 Å². The second-order valence-corrected chi connectivity index (χ2v) is 20.9. The lowest BCUT2D eigenvalue weighted by atomic mass is 9.98. The molecule has 0 aliphatic heterocycles. The van der Waals surface area contributed by atoms with Gasteiger partial charge in [-0.1, -0.05) is 159 Å². The van der Waals surface area contributed by atoms with Crippen LogP contribution in [0.25, 0.3) is 44.1 Å². The molecule has 0 saturated heterocycles. The zero-order valence-corrected chi connectivity index (χ0v) is 46.2. The number of hydrogen-bond acceptors (Lipinski definition) is 7. The van der Waals surface area contributed by atoms with Crippen LogP contribution in [-0.4, -0.2) is 54.0 Å². The summed E-state index contributed by atoms with van der Waals surface area (Å²) in [6.07, 6.45) is 1.61. The Bertz CT molecular complexity index is 3820. The summed E-state index contributed by atoms with van der Waals surface area (Å²) in [5.41, 5.74) is 12.8. The summed E-state index contributed by atoms with van der Waals surface area (Å²) >= 11 is 0. The van der Waals surface area contributed by atoms with Crippen LogP contribution in [0.2, 0.25) is 0 Å². The molecule has 10 aromatic rings. The molecule has 0 saturated carbocycles. The summed E-state index contributed by atoms with van der Waals surface area (Å²) in [6, 6.07) is 62.0. The van der Waals surface area contributed by atoms with E-state index < -0.39 is 11.6 Å². The molecule has 2 heterocycles. The maximum Gasteiger partial charge on any atom is 0.339 e. The molecule has 12 heteroatoms. The fourth-order valence-electron chi connectivity index (χ4n) is 9.99. The van der Waals surface area contributed by atoms with Gasteiger partial charge in [-0.15, -0.1) is 0 Å². The minimum absolute atomic E-state index is 0.0442. The highest BCUT2D eigenvalue weighted by Crippen LogP contribution is 2.30. The lowest BCUT2D eigenvalue weighted by molar-refractivity contribution is 0.00699. The van der Waals surface area contributed by atoms with Gasteiger partial charge >= 0.3 is 11.9 Å². The Kier molecular flexibility index (Phi) is 16.9. The predicted molar refractivity (Wildman–Crippen MR) is 317 cm³/mol. The quantitative estimate of drug-likeness (QED) is 0.0807. The Morgan fingerprint density at radius 1 is 0.512 bits per heavy atom. The Morgan fingerprint density at radius 3 is 1.30 bits per heavy atom. The van der Waals surface area contributed by atoms with Crippen molar-refractivity contribution in [2.24, 2.45) is 0 Å². The number of nitrogens with zero attached hydrogens (tertiary/aromatic N) is 4. The van der Waals surface area contributed by atoms with Gasteiger partial charge in [0.15, 0.2) is 0 Å². The Hall–Kier alpha value is -9.42. The van der Waals surface area contributed by atoms with Crippen LogP contribution in [0, 0.1) is 13.8 Å². The number of ether oxygens (including phenoxy) is 1. The fourth-order valence-corrected chi connectivity index (χ4v) is 9.99. The van der Waals surface area contributed by atoms with E-state index in [1.165, 1.54) is 0 Å². The van der Waals surface area contributed by atoms with Crippen molar-refractivity contribution in [3.63, 3.8) is 0 Å². The van der Waals surface area contributed by atoms with Crippen molar-refractivity contribution in [3.05, 3.63) is 250 Å². The Labute approximate surface area is 467 Å². The third-order valence-corrected chi connectivity index (χ3v) is 14.1. The van der Waals surface area contributed by atoms with Crippen molar-refractivity contribution < 1.29 is 29.0 Å². The van der Waals surface area contributed by atoms with Crippen molar-refractivity contribution in [1.29, 1.82) is 0 Å². The number of rotatable bonds is 16. The molecule has 12 nitrogen and oxygen atoms in total. The van der Waals surface area contributed by atoms with E-state index in [4.69, 9.17) is 14.9 Å². The minimum Gasteiger partial charge on any atom is -0.478 e. The van der Waals surface area contributed by atoms with Gasteiger partial charge in [-0.25, -0.2) is 9.59 Å². The van der Waals surface area contributed by atoms with E-state index in [0.29, 0.717) is 35.3 Å². The van der Waals surface area contributed by atoms with Gasteiger partial charge in [0.2, 0.25) is 0 Å². The molecule has 404 valence electrons. The van der Waals surface area contributed by atoms with Crippen LogP contribution in [0.5, 0.6) is 0 Å². The van der Waals surface area contributed by atoms with Crippen molar-refractivity contribution in [2.75, 3.05) is 0 Å². The van der Waals surface area contributed by atoms with E-state index >= 15 is 0 Å². The average Bonchev–Trinajstić information content (AvgIpc) is 4.04. The first-order chi connectivity index (χ1) is 38.6. The number of nitrogens with one attached hydrogen (secondary N) is 2. The number of benzene rings is 8. The molecule has 0 radical (unpaired) electrons. The minimum atomic E-state index is -0.943. The molecule has 0 fully saturated rings. The number of carboxylic acid groups (broad SMARTS) is 1. The van der Waals surface area contributed by atoms with Crippen molar-refractivity contribution in [1.82, 2.24) is 30.2 Å². The van der Waals surface area contributed by atoms with Gasteiger partial charge in [-0.3, -0.25) is 19.0 Å². The number of carbonyl (C=O) groups excluding carboxylic acids is 3. The van der Waals surface area contributed by atoms with Gasteiger partial charge in [0.05, 0.1) is 58.7 Å². The van der Waals surface area contributed by atoms with Crippen LogP contribution in [0.15, 0.2) is 194 Å². The van der Waals surface area contributed by atoms with Crippen LogP contribution >= 0.6 is 0 Å². The summed E-state index contributed by atoms with van der Waals surface area (Å²) in [7, 11) is 0. The van der Waals surface area contributed by atoms with Gasteiger partial charge in [0, 0.05) is 21.9 Å². The van der Waals surface area contributed by atoms with E-state index in [1.807, 2.05) is 208 Å². The molecule has 0 aliphatic carbocycles. The van der Waals surface area contributed by atoms with Crippen molar-refractivity contribution >= 4 is 45.6 Å². The van der Waals surface area contributed by atoms with E-state index in [2.05, 4.69) is 36.6 Å². The Morgan fingerprint density at radius 2 is 0.900 bits per heavy atom. The molecule has 8 aromatic carbocycles. The summed E-state index contributed by atoms with van der Waals surface area (Å²) in [5, 5.41) is 27.3. The maximum atomic E-state index is 13.2. The highest BCUT2D eigenvalue weighted by Gasteiger charge is 2.22. The number of hydrogen-bond donors (Lipinski definition) is 3. The summed E-state index contributed by atoms with van der Waals surface area (Å²) in [4.78, 5) is 50.7. The third-order valence-electron chi connectivity index (χ3n) is 14.1. The second-order valence-electron chi connectivity index (χ2n) is 20.9. The number of aromatic nitrogens is 4. The van der Waals surface area contributed by atoms with Crippen LogP contribution in [0.1, 0.15) is 135 Å². The average molecular weight is 1060 g/mol. The molecule has 3 N–H and O–H groups in total. The smallest absolute Gasteiger partial charge is 0.339 e. The largest absolute Gasteiger partial charge is 0.478 e. The number of amides is 2. The molecule has 2 unspecified atom stereocenters. The number of carboxylic acids is 1. The topological polar surface area (TPSA) is 157 Å². The molecule has 80 heavy (non-hydrogen) atoms. The first-order valence-electron chi connectivity index (χ1n) is 27.1. The number of fused-ring (bicyclic) bond motifs is 2. The SMILES string of the molecule is CCC(NC(=O)c1ccc2c(c1)c(C)nn2Cc1ccc(-c2ccccc2C(=O)O)cc1)c1ccccc1.CCC(NC(=O)c1ccc2c(c1)c(C)nn2Cc1ccc(-c2ccccc2C(=O)OC(C)(C)C)cc1)c1ccccc1. The van der Waals surface area contributed by atoms with E-state index in [0.717, 1.165) is 85.0 Å². The number of aryl methyl sites for hydroxylation is 2. The lowest BCUT2D eigenvalue weighted by Gasteiger charge is -2.20. The lowest BCUT2D eigenvalue weighted by Crippen LogP contribution is -2.28. The molecule has 2 atom stereocenters. The molecular weight excluding hydrogens is 997 g/mol. The van der Waals surface area contributed by atoms with Gasteiger partial charge in [-0.2, -0.15) is 10.2 Å². The van der Waals surface area contributed by atoms with Crippen LogP contribution in [0.3, 0.4) is 0 Å². The first-order valence-corrected chi connectivity index (χ1v) is 27.1. The number of carbonyl (C=O) groups is 4. The fraction of sp³-hybridized carbons (Fsp3) is 0.206. The maximum absolute atomic E-state index is 13.2. The molecule has 10 rings (SSSR count). The van der Waals surface area contributed by atoms with Gasteiger partial charge in [0.25, 0.3) is 11.8 Å². The van der Waals surface area contributed by atoms with Gasteiger partial charge in [0.1, 0.15) is 5.60 Å². The third kappa shape index (κ3) is 12.9. The predicted octanol–water partition coefficient (Wildman–Crippen LogP) is 14.5. The first kappa shape index (κ1) is 55.3. The molecule has 0 aliphatic rings. The zero-order valence-electron chi connectivity index (χ0n) is 46.2. The molecule has 2 aromatic heterocycles. The molecular formula is C68H66N6O6. The summed E-state index contributed by atoms with van der Waals surface area (Å²) < 4.78 is 9.53. The second kappa shape index (κ2) is 24.5. The molecule has 0 bridgehead atoms. The molecule has 0 spiro atoms. The summed E-state index contributed by atoms with van der Waals surface area (Å²) in [6.45, 7) is 14.8. The van der Waals surface area contributed by atoms with Crippen molar-refractivity contribution in [2.45, 2.75) is 92.1 Å². The van der Waals surface area contributed by atoms with Crippen LogP contribution in [-0.2, 0) is 17.8 Å². The number of aromatic carboxylic acids is 1. The Balaban J connectivity index is 0.000000195. The van der Waals surface area contributed by atoms with Crippen LogP contribution in [0.4, 0.5) is 0 Å². The normalized spacial score (nSPS) is 12.0. The highest BCUT2D eigenvalue weighted by molar-refractivity contribution is 6.00. The van der Waals surface area contributed by atoms with E-state index in [9.17, 15) is 24.3 Å². The van der Waals surface area contributed by atoms with E-state index in [1.54, 1.807) is 18.2 Å². The summed E-state index contributed by atoms with van der Waals surface area (Å²) in [5.74, 6) is -1.48. The zero-order chi connectivity index (χ0) is 56.5.